The van der Waals surface area contributed by atoms with E-state index in [1.165, 1.54) is 11.3 Å². The number of carbonyl (C=O) groups is 1. The zero-order valence-electron chi connectivity index (χ0n) is 12.1. The summed E-state index contributed by atoms with van der Waals surface area (Å²) in [6, 6.07) is 1.76. The highest BCUT2D eigenvalue weighted by Crippen LogP contribution is 2.21. The van der Waals surface area contributed by atoms with E-state index in [9.17, 15) is 18.0 Å². The summed E-state index contributed by atoms with van der Waals surface area (Å²) < 4.78 is 39.3. The van der Waals surface area contributed by atoms with Crippen LogP contribution < -0.4 is 5.32 Å². The molecule has 3 nitrogen and oxygen atoms in total. The van der Waals surface area contributed by atoms with Crippen LogP contribution in [0.2, 0.25) is 0 Å². The topological polar surface area (TPSA) is 42.0 Å². The Kier molecular flexibility index (Phi) is 5.18. The van der Waals surface area contributed by atoms with Gasteiger partial charge in [0.05, 0.1) is 16.4 Å². The number of amides is 1. The monoisotopic (exact) mass is 328 g/mol. The summed E-state index contributed by atoms with van der Waals surface area (Å²) in [5.41, 5.74) is 0.595. The fourth-order valence-electron chi connectivity index (χ4n) is 1.76. The molecule has 1 aromatic heterocycles. The maximum atomic E-state index is 13.4. The van der Waals surface area contributed by atoms with E-state index in [0.29, 0.717) is 12.3 Å². The maximum Gasteiger partial charge on any atom is 0.224 e. The summed E-state index contributed by atoms with van der Waals surface area (Å²) in [4.78, 5) is 16.1. The molecule has 7 heteroatoms. The van der Waals surface area contributed by atoms with Gasteiger partial charge >= 0.3 is 0 Å². The van der Waals surface area contributed by atoms with Crippen LogP contribution in [0.1, 0.15) is 36.9 Å². The van der Waals surface area contributed by atoms with Crippen LogP contribution in [0.4, 0.5) is 18.9 Å². The molecule has 0 radical (unpaired) electrons. The van der Waals surface area contributed by atoms with Crippen molar-refractivity contribution in [1.29, 1.82) is 0 Å². The highest BCUT2D eigenvalue weighted by molar-refractivity contribution is 7.09. The number of halogens is 3. The van der Waals surface area contributed by atoms with Crippen LogP contribution in [0.3, 0.4) is 0 Å². The molecule has 0 aliphatic carbocycles. The van der Waals surface area contributed by atoms with E-state index in [4.69, 9.17) is 0 Å². The summed E-state index contributed by atoms with van der Waals surface area (Å²) in [5.74, 6) is -4.45. The van der Waals surface area contributed by atoms with Crippen molar-refractivity contribution in [3.8, 4) is 0 Å². The first kappa shape index (κ1) is 16.5. The molecule has 118 valence electrons. The van der Waals surface area contributed by atoms with E-state index < -0.39 is 23.4 Å². The van der Waals surface area contributed by atoms with Gasteiger partial charge in [-0.15, -0.1) is 11.3 Å². The Labute approximate surface area is 130 Å². The van der Waals surface area contributed by atoms with Crippen molar-refractivity contribution in [2.45, 2.75) is 32.6 Å². The lowest BCUT2D eigenvalue weighted by Crippen LogP contribution is -2.14. The number of benzene rings is 1. The van der Waals surface area contributed by atoms with Crippen molar-refractivity contribution in [1.82, 2.24) is 4.98 Å². The molecule has 0 saturated heterocycles. The molecule has 2 rings (SSSR count). The average molecular weight is 328 g/mol. The average Bonchev–Trinajstić information content (AvgIpc) is 2.95. The van der Waals surface area contributed by atoms with Gasteiger partial charge in [-0.05, 0) is 18.1 Å². The molecule has 0 fully saturated rings. The van der Waals surface area contributed by atoms with Crippen LogP contribution in [0.5, 0.6) is 0 Å². The summed E-state index contributed by atoms with van der Waals surface area (Å²) in [7, 11) is 0. The predicted octanol–water partition coefficient (Wildman–Crippen LogP) is 4.26. The largest absolute Gasteiger partial charge is 0.323 e. The molecule has 1 aromatic carbocycles. The minimum absolute atomic E-state index is 0.0868. The van der Waals surface area contributed by atoms with Crippen molar-refractivity contribution >= 4 is 22.9 Å². The van der Waals surface area contributed by atoms with E-state index >= 15 is 0 Å². The normalized spacial score (nSPS) is 11.0. The SMILES string of the molecule is CC(C)c1csc(CCC(=O)Nc2ccc(F)c(F)c2F)n1. The Morgan fingerprint density at radius 3 is 2.64 bits per heavy atom. The van der Waals surface area contributed by atoms with Crippen LogP contribution in [-0.4, -0.2) is 10.9 Å². The summed E-state index contributed by atoms with van der Waals surface area (Å²) in [6.07, 6.45) is 0.498. The molecule has 0 spiro atoms. The van der Waals surface area contributed by atoms with Gasteiger partial charge in [0.2, 0.25) is 5.91 Å². The van der Waals surface area contributed by atoms with Crippen molar-refractivity contribution < 1.29 is 18.0 Å². The molecule has 0 saturated carbocycles. The lowest BCUT2D eigenvalue weighted by molar-refractivity contribution is -0.116. The van der Waals surface area contributed by atoms with E-state index in [-0.39, 0.29) is 12.1 Å². The zero-order valence-corrected chi connectivity index (χ0v) is 12.9. The van der Waals surface area contributed by atoms with Crippen molar-refractivity contribution in [3.05, 3.63) is 45.7 Å². The van der Waals surface area contributed by atoms with Gasteiger partial charge in [-0.1, -0.05) is 13.8 Å². The lowest BCUT2D eigenvalue weighted by atomic mass is 10.2. The summed E-state index contributed by atoms with van der Waals surface area (Å²) >= 11 is 1.46. The minimum Gasteiger partial charge on any atom is -0.323 e. The van der Waals surface area contributed by atoms with Crippen LogP contribution in [-0.2, 0) is 11.2 Å². The van der Waals surface area contributed by atoms with Gasteiger partial charge in [0.1, 0.15) is 0 Å². The first-order valence-electron chi connectivity index (χ1n) is 6.76. The highest BCUT2D eigenvalue weighted by Gasteiger charge is 2.15. The number of anilines is 1. The van der Waals surface area contributed by atoms with E-state index in [0.717, 1.165) is 22.8 Å². The van der Waals surface area contributed by atoms with E-state index in [2.05, 4.69) is 10.3 Å². The Balaban J connectivity index is 1.94. The highest BCUT2D eigenvalue weighted by atomic mass is 32.1. The summed E-state index contributed by atoms with van der Waals surface area (Å²) in [5, 5.41) is 4.98. The number of hydrogen-bond donors (Lipinski definition) is 1. The molecule has 0 unspecified atom stereocenters. The number of nitrogens with zero attached hydrogens (tertiary/aromatic N) is 1. The fraction of sp³-hybridized carbons (Fsp3) is 0.333. The Bertz CT molecular complexity index is 685. The molecular weight excluding hydrogens is 313 g/mol. The van der Waals surface area contributed by atoms with E-state index in [1.54, 1.807) is 0 Å². The van der Waals surface area contributed by atoms with Gasteiger partial charge in [0.15, 0.2) is 17.5 Å². The number of aryl methyl sites for hydroxylation is 1. The molecule has 0 aliphatic rings. The maximum absolute atomic E-state index is 13.4. The second kappa shape index (κ2) is 6.91. The van der Waals surface area contributed by atoms with Gasteiger partial charge in [-0.3, -0.25) is 4.79 Å². The first-order chi connectivity index (χ1) is 10.4. The Hall–Kier alpha value is -1.89. The summed E-state index contributed by atoms with van der Waals surface area (Å²) in [6.45, 7) is 4.05. The predicted molar refractivity (Wildman–Crippen MR) is 79.5 cm³/mol. The number of hydrogen-bond acceptors (Lipinski definition) is 3. The van der Waals surface area contributed by atoms with Crippen LogP contribution >= 0.6 is 11.3 Å². The molecule has 1 amide bonds. The van der Waals surface area contributed by atoms with Crippen LogP contribution in [0.15, 0.2) is 17.5 Å². The lowest BCUT2D eigenvalue weighted by Gasteiger charge is -2.06. The molecule has 22 heavy (non-hydrogen) atoms. The standard InChI is InChI=1S/C15H15F3N2OS/c1-8(2)11-7-22-13(20-11)6-5-12(21)19-10-4-3-9(16)14(17)15(10)18/h3-4,7-8H,5-6H2,1-2H3,(H,19,21). The zero-order chi connectivity index (χ0) is 16.3. The van der Waals surface area contributed by atoms with Gasteiger partial charge in [-0.2, -0.15) is 0 Å². The van der Waals surface area contributed by atoms with Crippen molar-refractivity contribution in [2.24, 2.45) is 0 Å². The fourth-order valence-corrected chi connectivity index (χ4v) is 2.72. The van der Waals surface area contributed by atoms with Gasteiger partial charge in [0, 0.05) is 18.2 Å². The molecule has 0 atom stereocenters. The van der Waals surface area contributed by atoms with Gasteiger partial charge in [-0.25, -0.2) is 18.2 Å². The third-order valence-electron chi connectivity index (χ3n) is 3.04. The quantitative estimate of drug-likeness (QED) is 0.834. The molecule has 1 heterocycles. The van der Waals surface area contributed by atoms with Gasteiger partial charge in [0.25, 0.3) is 0 Å². The second-order valence-electron chi connectivity index (χ2n) is 5.09. The molecule has 2 aromatic rings. The number of aromatic nitrogens is 1. The van der Waals surface area contributed by atoms with Crippen molar-refractivity contribution in [3.63, 3.8) is 0 Å². The van der Waals surface area contributed by atoms with Crippen LogP contribution in [0, 0.1) is 17.5 Å². The third kappa shape index (κ3) is 3.85. The molecular formula is C15H15F3N2OS. The number of nitrogens with one attached hydrogen (secondary N) is 1. The van der Waals surface area contributed by atoms with Gasteiger partial charge < -0.3 is 5.32 Å². The second-order valence-corrected chi connectivity index (χ2v) is 6.03. The third-order valence-corrected chi connectivity index (χ3v) is 3.96. The smallest absolute Gasteiger partial charge is 0.224 e. The number of thiazole rings is 1. The number of rotatable bonds is 5. The number of carbonyl (C=O) groups excluding carboxylic acids is 1. The van der Waals surface area contributed by atoms with Crippen LogP contribution in [0.25, 0.3) is 0 Å². The van der Waals surface area contributed by atoms with Crippen molar-refractivity contribution in [2.75, 3.05) is 5.32 Å². The minimum atomic E-state index is -1.60. The molecule has 0 bridgehead atoms. The Morgan fingerprint density at radius 1 is 1.27 bits per heavy atom. The molecule has 0 aliphatic heterocycles. The van der Waals surface area contributed by atoms with E-state index in [1.807, 2.05) is 19.2 Å². The Morgan fingerprint density at radius 2 is 2.00 bits per heavy atom. The first-order valence-corrected chi connectivity index (χ1v) is 7.64. The molecule has 1 N–H and O–H groups in total.